The molecule has 0 N–H and O–H groups in total. The summed E-state index contributed by atoms with van der Waals surface area (Å²) in [6.45, 7) is 0.954. The van der Waals surface area contributed by atoms with Crippen LogP contribution in [0.4, 0.5) is 0 Å². The maximum atomic E-state index is 5.80. The Balaban J connectivity index is 0.00000120. The molecule has 0 unspecified atom stereocenters. The van der Waals surface area contributed by atoms with Crippen LogP contribution < -0.4 is 0 Å². The summed E-state index contributed by atoms with van der Waals surface area (Å²) in [5.41, 5.74) is 3.24. The fourth-order valence-electron chi connectivity index (χ4n) is 2.24. The molecule has 0 saturated heterocycles. The van der Waals surface area contributed by atoms with E-state index in [0.717, 1.165) is 17.7 Å². The Morgan fingerprint density at radius 2 is 1.67 bits per heavy atom. The molecule has 3 rings (SSSR count). The lowest BCUT2D eigenvalue weighted by Crippen LogP contribution is -2.10. The van der Waals surface area contributed by atoms with Gasteiger partial charge in [-0.15, -0.1) is 12.4 Å². The van der Waals surface area contributed by atoms with Crippen LogP contribution in [0.1, 0.15) is 5.56 Å². The van der Waals surface area contributed by atoms with E-state index in [2.05, 4.69) is 49.3 Å². The number of nitrogens with zero attached hydrogens (tertiary/aromatic N) is 1. The minimum absolute atomic E-state index is 0. The third-order valence-corrected chi connectivity index (χ3v) is 2.94. The second-order valence-electron chi connectivity index (χ2n) is 4.67. The van der Waals surface area contributed by atoms with Gasteiger partial charge >= 0.3 is 0 Å². The molecule has 0 aliphatic carbocycles. The van der Waals surface area contributed by atoms with Crippen molar-refractivity contribution in [2.24, 2.45) is 0 Å². The van der Waals surface area contributed by atoms with Crippen LogP contribution in [0, 0.1) is 0 Å². The van der Waals surface area contributed by atoms with E-state index in [0.29, 0.717) is 0 Å². The van der Waals surface area contributed by atoms with Gasteiger partial charge in [0.1, 0.15) is 11.2 Å². The number of benzene rings is 2. The van der Waals surface area contributed by atoms with E-state index < -0.39 is 0 Å². The first-order chi connectivity index (χ1) is 8.24. The van der Waals surface area contributed by atoms with E-state index in [1.54, 1.807) is 0 Å². The summed E-state index contributed by atoms with van der Waals surface area (Å²) in [5, 5.41) is 2.41. The minimum Gasteiger partial charge on any atom is -0.456 e. The second-order valence-corrected chi connectivity index (χ2v) is 4.67. The van der Waals surface area contributed by atoms with Gasteiger partial charge in [0.2, 0.25) is 0 Å². The molecule has 1 heterocycles. The summed E-state index contributed by atoms with van der Waals surface area (Å²) in [6, 6.07) is 14.6. The van der Waals surface area contributed by atoms with Crippen molar-refractivity contribution in [1.82, 2.24) is 4.90 Å². The van der Waals surface area contributed by atoms with E-state index in [9.17, 15) is 0 Å². The molecule has 0 aliphatic heterocycles. The molecule has 1 aromatic heterocycles. The molecule has 0 aliphatic rings. The number of furan rings is 1. The van der Waals surface area contributed by atoms with E-state index in [-0.39, 0.29) is 12.4 Å². The molecular formula is C15H16ClNO. The maximum Gasteiger partial charge on any atom is 0.135 e. The zero-order valence-electron chi connectivity index (χ0n) is 10.5. The number of hydrogen-bond donors (Lipinski definition) is 0. The number of rotatable bonds is 2. The second kappa shape index (κ2) is 5.01. The highest BCUT2D eigenvalue weighted by Gasteiger charge is 2.06. The molecule has 0 atom stereocenters. The van der Waals surface area contributed by atoms with Crippen molar-refractivity contribution in [3.05, 3.63) is 48.0 Å². The molecule has 0 bridgehead atoms. The Labute approximate surface area is 113 Å². The van der Waals surface area contributed by atoms with Crippen LogP contribution in [0.15, 0.2) is 46.9 Å². The van der Waals surface area contributed by atoms with Crippen molar-refractivity contribution >= 4 is 34.3 Å². The minimum atomic E-state index is 0. The summed E-state index contributed by atoms with van der Waals surface area (Å²) in [7, 11) is 4.16. The van der Waals surface area contributed by atoms with Crippen LogP contribution in [0.2, 0.25) is 0 Å². The molecule has 0 spiro atoms. The highest BCUT2D eigenvalue weighted by atomic mass is 35.5. The SMILES string of the molecule is CN(C)Cc1ccc2oc3ccccc3c2c1.Cl. The Morgan fingerprint density at radius 3 is 2.44 bits per heavy atom. The fourth-order valence-corrected chi connectivity index (χ4v) is 2.24. The van der Waals surface area contributed by atoms with E-state index in [1.807, 2.05) is 12.1 Å². The standard InChI is InChI=1S/C15H15NO.ClH/c1-16(2)10-11-7-8-15-13(9-11)12-5-3-4-6-14(12)17-15;/h3-9H,10H2,1-2H3;1H. The zero-order valence-corrected chi connectivity index (χ0v) is 11.3. The highest BCUT2D eigenvalue weighted by Crippen LogP contribution is 2.29. The lowest BCUT2D eigenvalue weighted by molar-refractivity contribution is 0.402. The third kappa shape index (κ3) is 2.22. The molecule has 0 amide bonds. The Morgan fingerprint density at radius 1 is 0.944 bits per heavy atom. The van der Waals surface area contributed by atoms with Gasteiger partial charge in [0.25, 0.3) is 0 Å². The molecule has 0 radical (unpaired) electrons. The zero-order chi connectivity index (χ0) is 11.8. The van der Waals surface area contributed by atoms with Gasteiger partial charge in [-0.25, -0.2) is 0 Å². The van der Waals surface area contributed by atoms with Crippen molar-refractivity contribution in [1.29, 1.82) is 0 Å². The van der Waals surface area contributed by atoms with Gasteiger partial charge < -0.3 is 9.32 Å². The maximum absolute atomic E-state index is 5.80. The van der Waals surface area contributed by atoms with Crippen molar-refractivity contribution in [2.45, 2.75) is 6.54 Å². The monoisotopic (exact) mass is 261 g/mol. The quantitative estimate of drug-likeness (QED) is 0.691. The summed E-state index contributed by atoms with van der Waals surface area (Å²) in [4.78, 5) is 2.17. The molecule has 3 aromatic rings. The number of hydrogen-bond acceptors (Lipinski definition) is 2. The molecule has 94 valence electrons. The first-order valence-corrected chi connectivity index (χ1v) is 5.79. The lowest BCUT2D eigenvalue weighted by atomic mass is 10.1. The smallest absolute Gasteiger partial charge is 0.135 e. The van der Waals surface area contributed by atoms with Gasteiger partial charge in [-0.3, -0.25) is 0 Å². The molecule has 18 heavy (non-hydrogen) atoms. The van der Waals surface area contributed by atoms with Crippen LogP contribution in [-0.4, -0.2) is 19.0 Å². The Hall–Kier alpha value is -1.51. The van der Waals surface area contributed by atoms with Gasteiger partial charge in [-0.1, -0.05) is 24.3 Å². The summed E-state index contributed by atoms with van der Waals surface area (Å²) in [5.74, 6) is 0. The van der Waals surface area contributed by atoms with Crippen molar-refractivity contribution in [2.75, 3.05) is 14.1 Å². The van der Waals surface area contributed by atoms with E-state index in [1.165, 1.54) is 16.3 Å². The van der Waals surface area contributed by atoms with E-state index in [4.69, 9.17) is 4.42 Å². The first kappa shape index (κ1) is 12.9. The Kier molecular flexibility index (Phi) is 3.60. The number of halogens is 1. The average Bonchev–Trinajstić information content (AvgIpc) is 2.66. The first-order valence-electron chi connectivity index (χ1n) is 5.79. The number of fused-ring (bicyclic) bond motifs is 3. The normalized spacial score (nSPS) is 11.1. The fraction of sp³-hybridized carbons (Fsp3) is 0.200. The van der Waals surface area contributed by atoms with Crippen molar-refractivity contribution < 1.29 is 4.42 Å². The Bertz CT molecular complexity index is 672. The predicted octanol–water partition coefficient (Wildman–Crippen LogP) is 4.07. The van der Waals surface area contributed by atoms with Crippen LogP contribution in [0.5, 0.6) is 0 Å². The largest absolute Gasteiger partial charge is 0.456 e. The van der Waals surface area contributed by atoms with Gasteiger partial charge in [0.15, 0.2) is 0 Å². The average molecular weight is 262 g/mol. The molecular weight excluding hydrogens is 246 g/mol. The lowest BCUT2D eigenvalue weighted by Gasteiger charge is -2.08. The molecule has 0 saturated carbocycles. The van der Waals surface area contributed by atoms with Gasteiger partial charge in [-0.05, 0) is 37.9 Å². The van der Waals surface area contributed by atoms with Crippen molar-refractivity contribution in [3.8, 4) is 0 Å². The van der Waals surface area contributed by atoms with Crippen LogP contribution in [0.3, 0.4) is 0 Å². The topological polar surface area (TPSA) is 16.4 Å². The summed E-state index contributed by atoms with van der Waals surface area (Å²) >= 11 is 0. The van der Waals surface area contributed by atoms with E-state index >= 15 is 0 Å². The summed E-state index contributed by atoms with van der Waals surface area (Å²) < 4.78 is 5.80. The molecule has 3 heteroatoms. The van der Waals surface area contributed by atoms with Crippen molar-refractivity contribution in [3.63, 3.8) is 0 Å². The molecule has 2 aromatic carbocycles. The van der Waals surface area contributed by atoms with Gasteiger partial charge in [0, 0.05) is 17.3 Å². The third-order valence-electron chi connectivity index (χ3n) is 2.94. The summed E-state index contributed by atoms with van der Waals surface area (Å²) in [6.07, 6.45) is 0. The molecule has 0 fully saturated rings. The number of para-hydroxylation sites is 1. The molecule has 2 nitrogen and oxygen atoms in total. The van der Waals surface area contributed by atoms with Gasteiger partial charge in [-0.2, -0.15) is 0 Å². The van der Waals surface area contributed by atoms with Crippen LogP contribution >= 0.6 is 12.4 Å². The predicted molar refractivity (Wildman–Crippen MR) is 78.4 cm³/mol. The van der Waals surface area contributed by atoms with Gasteiger partial charge in [0.05, 0.1) is 0 Å². The van der Waals surface area contributed by atoms with Crippen LogP contribution in [0.25, 0.3) is 21.9 Å². The van der Waals surface area contributed by atoms with Crippen LogP contribution in [-0.2, 0) is 6.54 Å². The highest BCUT2D eigenvalue weighted by molar-refractivity contribution is 6.04.